The highest BCUT2D eigenvalue weighted by molar-refractivity contribution is 5.68. The Morgan fingerprint density at radius 3 is 2.52 bits per heavy atom. The molecule has 2 heterocycles. The van der Waals surface area contributed by atoms with Crippen LogP contribution >= 0.6 is 0 Å². The highest BCUT2D eigenvalue weighted by Gasteiger charge is 2.24. The first-order chi connectivity index (χ1) is 10.2. The van der Waals surface area contributed by atoms with Gasteiger partial charge < -0.3 is 15.4 Å². The number of halogens is 1. The lowest BCUT2D eigenvalue weighted by Gasteiger charge is -2.37. The standard InChI is InChI=1S/C16H24FN3O/c17-14-2-1-3-15(18)16(14)20-6-4-13(5-7-20)12-19-8-10-21-11-9-19/h1-3,13H,4-12,18H2. The Morgan fingerprint density at radius 1 is 1.14 bits per heavy atom. The third-order valence-corrected chi connectivity index (χ3v) is 4.57. The number of piperidine rings is 1. The first-order valence-corrected chi connectivity index (χ1v) is 7.83. The maximum Gasteiger partial charge on any atom is 0.148 e. The number of morpholine rings is 1. The number of benzene rings is 1. The minimum absolute atomic E-state index is 0.207. The van der Waals surface area contributed by atoms with E-state index in [2.05, 4.69) is 9.80 Å². The highest BCUT2D eigenvalue weighted by atomic mass is 19.1. The van der Waals surface area contributed by atoms with Gasteiger partial charge >= 0.3 is 0 Å². The van der Waals surface area contributed by atoms with Gasteiger partial charge in [0.25, 0.3) is 0 Å². The SMILES string of the molecule is Nc1cccc(F)c1N1CCC(CN2CCOCC2)CC1. The van der Waals surface area contributed by atoms with Gasteiger partial charge in [-0.3, -0.25) is 4.90 Å². The average molecular weight is 293 g/mol. The van der Waals surface area contributed by atoms with Crippen molar-refractivity contribution in [3.05, 3.63) is 24.0 Å². The molecule has 2 saturated heterocycles. The molecular formula is C16H24FN3O. The maximum absolute atomic E-state index is 14.0. The van der Waals surface area contributed by atoms with E-state index >= 15 is 0 Å². The molecule has 0 spiro atoms. The number of ether oxygens (including phenoxy) is 1. The number of hydrogen-bond donors (Lipinski definition) is 1. The number of nitrogens with zero attached hydrogens (tertiary/aromatic N) is 2. The molecule has 21 heavy (non-hydrogen) atoms. The van der Waals surface area contributed by atoms with Crippen LogP contribution in [-0.2, 0) is 4.74 Å². The molecule has 0 atom stereocenters. The van der Waals surface area contributed by atoms with E-state index in [0.29, 0.717) is 17.3 Å². The lowest BCUT2D eigenvalue weighted by molar-refractivity contribution is 0.0289. The summed E-state index contributed by atoms with van der Waals surface area (Å²) in [6.07, 6.45) is 2.20. The molecule has 0 amide bonds. The monoisotopic (exact) mass is 293 g/mol. The summed E-state index contributed by atoms with van der Waals surface area (Å²) in [5, 5.41) is 0. The summed E-state index contributed by atoms with van der Waals surface area (Å²) in [5.74, 6) is 0.494. The van der Waals surface area contributed by atoms with E-state index in [0.717, 1.165) is 58.8 Å². The number of nitrogen functional groups attached to an aromatic ring is 1. The van der Waals surface area contributed by atoms with Crippen molar-refractivity contribution in [3.63, 3.8) is 0 Å². The van der Waals surface area contributed by atoms with Crippen LogP contribution in [0.15, 0.2) is 18.2 Å². The second-order valence-electron chi connectivity index (χ2n) is 6.02. The predicted molar refractivity (Wildman–Crippen MR) is 83.0 cm³/mol. The molecule has 2 fully saturated rings. The van der Waals surface area contributed by atoms with Crippen molar-refractivity contribution >= 4 is 11.4 Å². The molecule has 0 radical (unpaired) electrons. The van der Waals surface area contributed by atoms with E-state index in [9.17, 15) is 4.39 Å². The van der Waals surface area contributed by atoms with Gasteiger partial charge in [0.1, 0.15) is 5.82 Å². The van der Waals surface area contributed by atoms with Crippen molar-refractivity contribution in [2.24, 2.45) is 5.92 Å². The minimum atomic E-state index is -0.207. The van der Waals surface area contributed by atoms with Crippen molar-refractivity contribution in [1.82, 2.24) is 4.90 Å². The second kappa shape index (κ2) is 6.62. The normalized spacial score (nSPS) is 21.7. The van der Waals surface area contributed by atoms with Gasteiger partial charge in [0.05, 0.1) is 24.6 Å². The molecule has 0 unspecified atom stereocenters. The third-order valence-electron chi connectivity index (χ3n) is 4.57. The highest BCUT2D eigenvalue weighted by Crippen LogP contribution is 2.30. The summed E-state index contributed by atoms with van der Waals surface area (Å²) in [5.41, 5.74) is 7.06. The van der Waals surface area contributed by atoms with Gasteiger partial charge in [0, 0.05) is 32.7 Å². The third kappa shape index (κ3) is 3.47. The maximum atomic E-state index is 14.0. The van der Waals surface area contributed by atoms with Crippen LogP contribution < -0.4 is 10.6 Å². The van der Waals surface area contributed by atoms with Gasteiger partial charge in [-0.15, -0.1) is 0 Å². The summed E-state index contributed by atoms with van der Waals surface area (Å²) in [4.78, 5) is 4.59. The van der Waals surface area contributed by atoms with E-state index in [1.807, 2.05) is 0 Å². The summed E-state index contributed by atoms with van der Waals surface area (Å²) in [7, 11) is 0. The van der Waals surface area contributed by atoms with Crippen LogP contribution in [0.5, 0.6) is 0 Å². The number of rotatable bonds is 3. The van der Waals surface area contributed by atoms with Gasteiger partial charge in [-0.2, -0.15) is 0 Å². The van der Waals surface area contributed by atoms with Gasteiger partial charge in [-0.05, 0) is 30.9 Å². The quantitative estimate of drug-likeness (QED) is 0.865. The van der Waals surface area contributed by atoms with E-state index in [1.165, 1.54) is 6.07 Å². The van der Waals surface area contributed by atoms with E-state index < -0.39 is 0 Å². The van der Waals surface area contributed by atoms with E-state index in [-0.39, 0.29) is 5.82 Å². The predicted octanol–water partition coefficient (Wildman–Crippen LogP) is 1.96. The van der Waals surface area contributed by atoms with Gasteiger partial charge in [0.2, 0.25) is 0 Å². The minimum Gasteiger partial charge on any atom is -0.397 e. The molecule has 0 bridgehead atoms. The van der Waals surface area contributed by atoms with Crippen LogP contribution in [0.3, 0.4) is 0 Å². The van der Waals surface area contributed by atoms with Crippen molar-refractivity contribution in [2.75, 3.05) is 56.6 Å². The zero-order valence-corrected chi connectivity index (χ0v) is 12.4. The summed E-state index contributed by atoms with van der Waals surface area (Å²) < 4.78 is 19.3. The molecule has 2 N–H and O–H groups in total. The number of para-hydroxylation sites is 1. The molecule has 116 valence electrons. The van der Waals surface area contributed by atoms with Gasteiger partial charge in [0.15, 0.2) is 0 Å². The smallest absolute Gasteiger partial charge is 0.148 e. The van der Waals surface area contributed by atoms with Crippen molar-refractivity contribution in [1.29, 1.82) is 0 Å². The molecule has 2 aliphatic rings. The average Bonchev–Trinajstić information content (AvgIpc) is 2.50. The van der Waals surface area contributed by atoms with Crippen LogP contribution in [0.4, 0.5) is 15.8 Å². The molecular weight excluding hydrogens is 269 g/mol. The second-order valence-corrected chi connectivity index (χ2v) is 6.02. The molecule has 1 aromatic carbocycles. The molecule has 5 heteroatoms. The Kier molecular flexibility index (Phi) is 4.60. The van der Waals surface area contributed by atoms with Crippen LogP contribution in [0.2, 0.25) is 0 Å². The Morgan fingerprint density at radius 2 is 1.86 bits per heavy atom. The molecule has 0 aromatic heterocycles. The van der Waals surface area contributed by atoms with Crippen LogP contribution in [0.25, 0.3) is 0 Å². The summed E-state index contributed by atoms with van der Waals surface area (Å²) in [6, 6.07) is 4.93. The topological polar surface area (TPSA) is 41.7 Å². The lowest BCUT2D eigenvalue weighted by atomic mass is 9.95. The van der Waals surface area contributed by atoms with Gasteiger partial charge in [-0.1, -0.05) is 6.07 Å². The summed E-state index contributed by atoms with van der Waals surface area (Å²) >= 11 is 0. The van der Waals surface area contributed by atoms with Crippen LogP contribution in [-0.4, -0.2) is 50.8 Å². The fourth-order valence-electron chi connectivity index (χ4n) is 3.35. The molecule has 1 aromatic rings. The molecule has 3 rings (SSSR count). The Hall–Kier alpha value is -1.33. The molecule has 2 aliphatic heterocycles. The Labute approximate surface area is 125 Å². The Balaban J connectivity index is 1.55. The molecule has 0 saturated carbocycles. The number of anilines is 2. The van der Waals surface area contributed by atoms with Crippen molar-refractivity contribution in [2.45, 2.75) is 12.8 Å². The molecule has 0 aliphatic carbocycles. The largest absolute Gasteiger partial charge is 0.397 e. The van der Waals surface area contributed by atoms with E-state index in [4.69, 9.17) is 10.5 Å². The van der Waals surface area contributed by atoms with Crippen LogP contribution in [0, 0.1) is 11.7 Å². The lowest BCUT2D eigenvalue weighted by Crippen LogP contribution is -2.43. The first-order valence-electron chi connectivity index (χ1n) is 7.83. The number of nitrogens with two attached hydrogens (primary N) is 1. The zero-order chi connectivity index (χ0) is 14.7. The van der Waals surface area contributed by atoms with Crippen molar-refractivity contribution < 1.29 is 9.13 Å². The van der Waals surface area contributed by atoms with Crippen LogP contribution in [0.1, 0.15) is 12.8 Å². The first kappa shape index (κ1) is 14.6. The number of hydrogen-bond acceptors (Lipinski definition) is 4. The van der Waals surface area contributed by atoms with E-state index in [1.54, 1.807) is 12.1 Å². The Bertz CT molecular complexity index is 448. The van der Waals surface area contributed by atoms with Gasteiger partial charge in [-0.25, -0.2) is 4.39 Å². The zero-order valence-electron chi connectivity index (χ0n) is 12.4. The fourth-order valence-corrected chi connectivity index (χ4v) is 3.35. The fraction of sp³-hybridized carbons (Fsp3) is 0.625. The molecule has 4 nitrogen and oxygen atoms in total. The van der Waals surface area contributed by atoms with Crippen molar-refractivity contribution in [3.8, 4) is 0 Å². The summed E-state index contributed by atoms with van der Waals surface area (Å²) in [6.45, 7) is 6.71.